The van der Waals surface area contributed by atoms with Crippen LogP contribution in [0.3, 0.4) is 0 Å². The first-order valence-electron chi connectivity index (χ1n) is 6.59. The number of aromatic nitrogens is 3. The summed E-state index contributed by atoms with van der Waals surface area (Å²) in [6.45, 7) is 6.01. The number of rotatable bonds is 4. The van der Waals surface area contributed by atoms with Gasteiger partial charge in [-0.05, 0) is 38.5 Å². The van der Waals surface area contributed by atoms with Crippen LogP contribution in [0.5, 0.6) is 0 Å². The lowest BCUT2D eigenvalue weighted by atomic mass is 10.1. The lowest BCUT2D eigenvalue weighted by Crippen LogP contribution is -2.13. The third kappa shape index (κ3) is 3.53. The van der Waals surface area contributed by atoms with Crippen molar-refractivity contribution in [3.63, 3.8) is 0 Å². The molecule has 0 aliphatic rings. The quantitative estimate of drug-likeness (QED) is 0.933. The van der Waals surface area contributed by atoms with Crippen LogP contribution >= 0.6 is 0 Å². The van der Waals surface area contributed by atoms with Crippen LogP contribution in [-0.4, -0.2) is 14.8 Å². The highest BCUT2D eigenvalue weighted by Gasteiger charge is 2.30. The number of alkyl halides is 3. The van der Waals surface area contributed by atoms with Crippen LogP contribution < -0.4 is 5.32 Å². The SMILES string of the molecule is Cc1ccc(C(F)(F)F)cc1NCc1ncnn1C(C)C. The number of hydrogen-bond acceptors (Lipinski definition) is 3. The van der Waals surface area contributed by atoms with Crippen molar-refractivity contribution < 1.29 is 13.2 Å². The first kappa shape index (κ1) is 15.3. The van der Waals surface area contributed by atoms with E-state index in [9.17, 15) is 13.2 Å². The highest BCUT2D eigenvalue weighted by Crippen LogP contribution is 2.32. The molecule has 2 rings (SSSR count). The van der Waals surface area contributed by atoms with E-state index in [1.54, 1.807) is 11.6 Å². The van der Waals surface area contributed by atoms with Crippen LogP contribution in [0.1, 0.15) is 36.8 Å². The minimum Gasteiger partial charge on any atom is -0.378 e. The van der Waals surface area contributed by atoms with E-state index in [1.165, 1.54) is 12.4 Å². The lowest BCUT2D eigenvalue weighted by molar-refractivity contribution is -0.137. The van der Waals surface area contributed by atoms with E-state index < -0.39 is 11.7 Å². The highest BCUT2D eigenvalue weighted by atomic mass is 19.4. The van der Waals surface area contributed by atoms with Crippen molar-refractivity contribution >= 4 is 5.69 Å². The van der Waals surface area contributed by atoms with Crippen molar-refractivity contribution in [3.05, 3.63) is 41.5 Å². The molecule has 0 aliphatic carbocycles. The second kappa shape index (κ2) is 5.75. The molecule has 21 heavy (non-hydrogen) atoms. The van der Waals surface area contributed by atoms with Crippen molar-refractivity contribution in [2.24, 2.45) is 0 Å². The van der Waals surface area contributed by atoms with Crippen LogP contribution in [0.4, 0.5) is 18.9 Å². The molecule has 0 unspecified atom stereocenters. The topological polar surface area (TPSA) is 42.7 Å². The maximum atomic E-state index is 12.7. The summed E-state index contributed by atoms with van der Waals surface area (Å²) in [5.74, 6) is 0.682. The molecule has 0 atom stereocenters. The zero-order valence-electron chi connectivity index (χ0n) is 12.1. The molecule has 1 aromatic heterocycles. The van der Waals surface area contributed by atoms with Gasteiger partial charge in [0.25, 0.3) is 0 Å². The fourth-order valence-corrected chi connectivity index (χ4v) is 1.99. The molecule has 2 aromatic rings. The van der Waals surface area contributed by atoms with E-state index in [-0.39, 0.29) is 6.04 Å². The Morgan fingerprint density at radius 2 is 2.00 bits per heavy atom. The number of anilines is 1. The second-order valence-corrected chi connectivity index (χ2v) is 5.10. The van der Waals surface area contributed by atoms with Crippen LogP contribution in [0.15, 0.2) is 24.5 Å². The van der Waals surface area contributed by atoms with E-state index in [0.717, 1.165) is 17.7 Å². The molecule has 1 aromatic carbocycles. The van der Waals surface area contributed by atoms with Gasteiger partial charge in [0, 0.05) is 11.7 Å². The average molecular weight is 298 g/mol. The van der Waals surface area contributed by atoms with Gasteiger partial charge < -0.3 is 5.32 Å². The zero-order chi connectivity index (χ0) is 15.6. The number of nitrogens with zero attached hydrogens (tertiary/aromatic N) is 3. The van der Waals surface area contributed by atoms with Crippen molar-refractivity contribution in [1.82, 2.24) is 14.8 Å². The van der Waals surface area contributed by atoms with Crippen LogP contribution in [0.2, 0.25) is 0 Å². The molecule has 114 valence electrons. The second-order valence-electron chi connectivity index (χ2n) is 5.10. The number of hydrogen-bond donors (Lipinski definition) is 1. The summed E-state index contributed by atoms with van der Waals surface area (Å²) >= 11 is 0. The largest absolute Gasteiger partial charge is 0.416 e. The van der Waals surface area contributed by atoms with Crippen LogP contribution in [0.25, 0.3) is 0 Å². The Bertz CT molecular complexity index is 617. The molecule has 0 bridgehead atoms. The van der Waals surface area contributed by atoms with Crippen molar-refractivity contribution in [3.8, 4) is 0 Å². The molecule has 0 spiro atoms. The molecule has 0 saturated heterocycles. The predicted octanol–water partition coefficient (Wildman–Crippen LogP) is 3.80. The minimum absolute atomic E-state index is 0.145. The average Bonchev–Trinajstić information content (AvgIpc) is 2.85. The van der Waals surface area contributed by atoms with Gasteiger partial charge >= 0.3 is 6.18 Å². The van der Waals surface area contributed by atoms with Gasteiger partial charge in [-0.15, -0.1) is 0 Å². The summed E-state index contributed by atoms with van der Waals surface area (Å²) in [6.07, 6.45) is -2.90. The van der Waals surface area contributed by atoms with Gasteiger partial charge in [-0.3, -0.25) is 0 Å². The third-order valence-corrected chi connectivity index (χ3v) is 3.14. The van der Waals surface area contributed by atoms with Gasteiger partial charge in [0.15, 0.2) is 0 Å². The van der Waals surface area contributed by atoms with E-state index in [0.29, 0.717) is 18.1 Å². The van der Waals surface area contributed by atoms with Crippen molar-refractivity contribution in [2.75, 3.05) is 5.32 Å². The third-order valence-electron chi connectivity index (χ3n) is 3.14. The number of halogens is 3. The van der Waals surface area contributed by atoms with Gasteiger partial charge in [0.05, 0.1) is 12.1 Å². The Morgan fingerprint density at radius 3 is 2.62 bits per heavy atom. The molecule has 0 aliphatic heterocycles. The molecule has 0 saturated carbocycles. The van der Waals surface area contributed by atoms with E-state index >= 15 is 0 Å². The van der Waals surface area contributed by atoms with Gasteiger partial charge in [0.2, 0.25) is 0 Å². The molecular weight excluding hydrogens is 281 g/mol. The normalized spacial score (nSPS) is 12.0. The van der Waals surface area contributed by atoms with Crippen molar-refractivity contribution in [1.29, 1.82) is 0 Å². The number of benzene rings is 1. The van der Waals surface area contributed by atoms with E-state index in [2.05, 4.69) is 15.4 Å². The van der Waals surface area contributed by atoms with Gasteiger partial charge in [-0.25, -0.2) is 9.67 Å². The van der Waals surface area contributed by atoms with Gasteiger partial charge in [-0.1, -0.05) is 6.07 Å². The zero-order valence-corrected chi connectivity index (χ0v) is 12.1. The Morgan fingerprint density at radius 1 is 1.29 bits per heavy atom. The summed E-state index contributed by atoms with van der Waals surface area (Å²) in [7, 11) is 0. The molecule has 1 N–H and O–H groups in total. The predicted molar refractivity (Wildman–Crippen MR) is 73.9 cm³/mol. The maximum Gasteiger partial charge on any atom is 0.416 e. The molecule has 7 heteroatoms. The summed E-state index contributed by atoms with van der Waals surface area (Å²) < 4.78 is 39.9. The molecule has 4 nitrogen and oxygen atoms in total. The summed E-state index contributed by atoms with van der Waals surface area (Å²) in [6, 6.07) is 3.80. The first-order chi connectivity index (χ1) is 9.79. The first-order valence-corrected chi connectivity index (χ1v) is 6.59. The Hall–Kier alpha value is -2.05. The van der Waals surface area contributed by atoms with Gasteiger partial charge in [-0.2, -0.15) is 18.3 Å². The lowest BCUT2D eigenvalue weighted by Gasteiger charge is -2.14. The monoisotopic (exact) mass is 298 g/mol. The number of nitrogens with one attached hydrogen (secondary N) is 1. The van der Waals surface area contributed by atoms with Crippen LogP contribution in [-0.2, 0) is 12.7 Å². The van der Waals surface area contributed by atoms with Crippen LogP contribution in [0, 0.1) is 6.92 Å². The molecule has 0 fully saturated rings. The number of aryl methyl sites for hydroxylation is 1. The molecular formula is C14H17F3N4. The fourth-order valence-electron chi connectivity index (χ4n) is 1.99. The maximum absolute atomic E-state index is 12.7. The molecule has 0 amide bonds. The summed E-state index contributed by atoms with van der Waals surface area (Å²) in [4.78, 5) is 4.12. The Labute approximate surface area is 121 Å². The smallest absolute Gasteiger partial charge is 0.378 e. The summed E-state index contributed by atoms with van der Waals surface area (Å²) in [5.41, 5.74) is 0.530. The summed E-state index contributed by atoms with van der Waals surface area (Å²) in [5, 5.41) is 7.09. The van der Waals surface area contributed by atoms with Gasteiger partial charge in [0.1, 0.15) is 12.2 Å². The van der Waals surface area contributed by atoms with E-state index in [4.69, 9.17) is 0 Å². The molecule has 1 heterocycles. The fraction of sp³-hybridized carbons (Fsp3) is 0.429. The minimum atomic E-state index is -4.35. The standard InChI is InChI=1S/C14H17F3N4/c1-9(2)21-13(19-8-20-21)7-18-12-6-11(14(15,16)17)5-4-10(12)3/h4-6,8-9,18H,7H2,1-3H3. The molecule has 0 radical (unpaired) electrons. The Balaban J connectivity index is 2.18. The van der Waals surface area contributed by atoms with E-state index in [1.807, 2.05) is 13.8 Å². The highest BCUT2D eigenvalue weighted by molar-refractivity contribution is 5.53. The Kier molecular flexibility index (Phi) is 4.20. The van der Waals surface area contributed by atoms with Crippen molar-refractivity contribution in [2.45, 2.75) is 39.5 Å².